The SMILES string of the molecule is O=C(CSc1ccc(NC(=O)/C(=C/c2ccco2)NC(=O)c2ccccc2)cc1)Nc1nc2ccccc2s1. The van der Waals surface area contributed by atoms with Crippen molar-refractivity contribution in [3.05, 3.63) is 114 Å². The number of hydrogen-bond acceptors (Lipinski definition) is 7. The van der Waals surface area contributed by atoms with Crippen LogP contribution in [0.25, 0.3) is 16.3 Å². The number of rotatable bonds is 9. The number of thiazole rings is 1. The lowest BCUT2D eigenvalue weighted by Crippen LogP contribution is -2.30. The molecule has 2 aromatic heterocycles. The van der Waals surface area contributed by atoms with Gasteiger partial charge in [-0.1, -0.05) is 41.7 Å². The summed E-state index contributed by atoms with van der Waals surface area (Å²) in [7, 11) is 0. The highest BCUT2D eigenvalue weighted by molar-refractivity contribution is 8.00. The van der Waals surface area contributed by atoms with Gasteiger partial charge in [-0.05, 0) is 60.7 Å². The van der Waals surface area contributed by atoms with E-state index in [1.807, 2.05) is 36.4 Å². The summed E-state index contributed by atoms with van der Waals surface area (Å²) in [6.45, 7) is 0. The van der Waals surface area contributed by atoms with Crippen LogP contribution in [0, 0.1) is 0 Å². The number of para-hydroxylation sites is 1. The fourth-order valence-electron chi connectivity index (χ4n) is 3.52. The third kappa shape index (κ3) is 7.01. The first-order valence-electron chi connectivity index (χ1n) is 11.8. The predicted octanol–water partition coefficient (Wildman–Crippen LogP) is 6.03. The van der Waals surface area contributed by atoms with Crippen LogP contribution in [0.3, 0.4) is 0 Å². The predicted molar refractivity (Wildman–Crippen MR) is 155 cm³/mol. The van der Waals surface area contributed by atoms with Crippen LogP contribution in [-0.4, -0.2) is 28.5 Å². The van der Waals surface area contributed by atoms with Crippen molar-refractivity contribution in [2.45, 2.75) is 4.90 Å². The number of anilines is 2. The van der Waals surface area contributed by atoms with Gasteiger partial charge in [-0.2, -0.15) is 0 Å². The van der Waals surface area contributed by atoms with Crippen molar-refractivity contribution in [3.8, 4) is 0 Å². The van der Waals surface area contributed by atoms with E-state index in [0.29, 0.717) is 22.1 Å². The largest absolute Gasteiger partial charge is 0.465 e. The quantitative estimate of drug-likeness (QED) is 0.151. The lowest BCUT2D eigenvalue weighted by Gasteiger charge is -2.11. The van der Waals surface area contributed by atoms with Crippen molar-refractivity contribution in [2.75, 3.05) is 16.4 Å². The Balaban J connectivity index is 1.18. The number of thioether (sulfide) groups is 1. The van der Waals surface area contributed by atoms with Gasteiger partial charge in [-0.3, -0.25) is 14.4 Å². The number of carbonyl (C=O) groups excluding carboxylic acids is 3. The summed E-state index contributed by atoms with van der Waals surface area (Å²) < 4.78 is 6.33. The molecule has 39 heavy (non-hydrogen) atoms. The molecule has 3 N–H and O–H groups in total. The van der Waals surface area contributed by atoms with E-state index in [2.05, 4.69) is 20.9 Å². The molecule has 0 spiro atoms. The molecular formula is C29H22N4O4S2. The molecule has 0 bridgehead atoms. The van der Waals surface area contributed by atoms with Crippen LogP contribution < -0.4 is 16.0 Å². The summed E-state index contributed by atoms with van der Waals surface area (Å²) in [6, 6.07) is 26.8. The highest BCUT2D eigenvalue weighted by Gasteiger charge is 2.16. The molecule has 10 heteroatoms. The lowest BCUT2D eigenvalue weighted by atomic mass is 10.2. The fraction of sp³-hybridized carbons (Fsp3) is 0.0345. The van der Waals surface area contributed by atoms with E-state index in [4.69, 9.17) is 4.42 Å². The van der Waals surface area contributed by atoms with Crippen molar-refractivity contribution in [3.63, 3.8) is 0 Å². The second-order valence-corrected chi connectivity index (χ2v) is 10.3. The van der Waals surface area contributed by atoms with Crippen LogP contribution in [0.2, 0.25) is 0 Å². The van der Waals surface area contributed by atoms with Crippen LogP contribution in [0.15, 0.2) is 112 Å². The number of aromatic nitrogens is 1. The van der Waals surface area contributed by atoms with Crippen LogP contribution in [-0.2, 0) is 9.59 Å². The highest BCUT2D eigenvalue weighted by atomic mass is 32.2. The van der Waals surface area contributed by atoms with Gasteiger partial charge in [-0.25, -0.2) is 4.98 Å². The molecule has 194 valence electrons. The first-order chi connectivity index (χ1) is 19.0. The topological polar surface area (TPSA) is 113 Å². The average Bonchev–Trinajstić information content (AvgIpc) is 3.62. The van der Waals surface area contributed by atoms with Gasteiger partial charge in [0.15, 0.2) is 5.13 Å². The summed E-state index contributed by atoms with van der Waals surface area (Å²) in [5.41, 5.74) is 1.83. The number of amides is 3. The molecule has 0 aliphatic rings. The van der Waals surface area contributed by atoms with E-state index in [1.165, 1.54) is 35.4 Å². The zero-order chi connectivity index (χ0) is 27.0. The molecule has 0 saturated carbocycles. The number of nitrogens with one attached hydrogen (secondary N) is 3. The van der Waals surface area contributed by atoms with E-state index < -0.39 is 11.8 Å². The summed E-state index contributed by atoms with van der Waals surface area (Å²) >= 11 is 2.80. The van der Waals surface area contributed by atoms with E-state index in [1.54, 1.807) is 54.6 Å². The van der Waals surface area contributed by atoms with Gasteiger partial charge in [0.1, 0.15) is 11.5 Å². The van der Waals surface area contributed by atoms with Crippen LogP contribution in [0.4, 0.5) is 10.8 Å². The van der Waals surface area contributed by atoms with Gasteiger partial charge >= 0.3 is 0 Å². The molecule has 0 unspecified atom stereocenters. The van der Waals surface area contributed by atoms with Gasteiger partial charge in [0.2, 0.25) is 5.91 Å². The van der Waals surface area contributed by atoms with Gasteiger partial charge in [0.05, 0.1) is 22.2 Å². The number of fused-ring (bicyclic) bond motifs is 1. The van der Waals surface area contributed by atoms with E-state index in [0.717, 1.165) is 15.1 Å². The monoisotopic (exact) mass is 554 g/mol. The Hall–Kier alpha value is -4.67. The number of nitrogens with zero attached hydrogens (tertiary/aromatic N) is 1. The second kappa shape index (κ2) is 12.2. The first kappa shape index (κ1) is 26.0. The van der Waals surface area contributed by atoms with Crippen molar-refractivity contribution >= 4 is 67.9 Å². The molecule has 5 rings (SSSR count). The molecular weight excluding hydrogens is 532 g/mol. The Bertz CT molecular complexity index is 1600. The number of furan rings is 1. The molecule has 0 aliphatic heterocycles. The lowest BCUT2D eigenvalue weighted by molar-refractivity contribution is -0.114. The zero-order valence-electron chi connectivity index (χ0n) is 20.4. The molecule has 5 aromatic rings. The molecule has 0 aliphatic carbocycles. The molecule has 2 heterocycles. The van der Waals surface area contributed by atoms with Gasteiger partial charge < -0.3 is 20.4 Å². The minimum atomic E-state index is -0.508. The third-order valence-electron chi connectivity index (χ3n) is 5.38. The molecule has 8 nitrogen and oxygen atoms in total. The van der Waals surface area contributed by atoms with Crippen LogP contribution in [0.5, 0.6) is 0 Å². The molecule has 0 atom stereocenters. The van der Waals surface area contributed by atoms with Gasteiger partial charge in [0, 0.05) is 22.2 Å². The Morgan fingerprint density at radius 3 is 2.38 bits per heavy atom. The smallest absolute Gasteiger partial charge is 0.272 e. The number of benzene rings is 3. The Labute approximate surface area is 232 Å². The maximum atomic E-state index is 13.0. The molecule has 0 radical (unpaired) electrons. The minimum Gasteiger partial charge on any atom is -0.465 e. The number of hydrogen-bond donors (Lipinski definition) is 3. The molecule has 0 fully saturated rings. The van der Waals surface area contributed by atoms with Crippen molar-refractivity contribution < 1.29 is 18.8 Å². The zero-order valence-corrected chi connectivity index (χ0v) is 22.1. The molecule has 3 amide bonds. The third-order valence-corrected chi connectivity index (χ3v) is 7.34. The van der Waals surface area contributed by atoms with E-state index in [9.17, 15) is 14.4 Å². The van der Waals surface area contributed by atoms with Crippen molar-refractivity contribution in [2.24, 2.45) is 0 Å². The highest BCUT2D eigenvalue weighted by Crippen LogP contribution is 2.26. The van der Waals surface area contributed by atoms with Gasteiger partial charge in [-0.15, -0.1) is 11.8 Å². The maximum absolute atomic E-state index is 13.0. The van der Waals surface area contributed by atoms with E-state index >= 15 is 0 Å². The Morgan fingerprint density at radius 1 is 0.872 bits per heavy atom. The van der Waals surface area contributed by atoms with Crippen molar-refractivity contribution in [1.82, 2.24) is 10.3 Å². The number of carbonyl (C=O) groups is 3. The summed E-state index contributed by atoms with van der Waals surface area (Å²) in [4.78, 5) is 43.4. The van der Waals surface area contributed by atoms with Crippen LogP contribution >= 0.6 is 23.1 Å². The molecule has 0 saturated heterocycles. The average molecular weight is 555 g/mol. The summed E-state index contributed by atoms with van der Waals surface area (Å²) in [5.74, 6) is -0.447. The van der Waals surface area contributed by atoms with E-state index in [-0.39, 0.29) is 17.4 Å². The second-order valence-electron chi connectivity index (χ2n) is 8.20. The Kier molecular flexibility index (Phi) is 8.15. The standard InChI is InChI=1S/C29H22N4O4S2/c34-26(33-29-32-23-10-4-5-11-25(23)39-29)18-38-22-14-12-20(13-15-22)30-28(36)24(17-21-9-6-16-37-21)31-27(35)19-7-2-1-3-8-19/h1-17H,18H2,(H,30,36)(H,31,35)(H,32,33,34)/b24-17-. The molecule has 3 aromatic carbocycles. The Morgan fingerprint density at radius 2 is 1.64 bits per heavy atom. The first-order valence-corrected chi connectivity index (χ1v) is 13.6. The summed E-state index contributed by atoms with van der Waals surface area (Å²) in [6.07, 6.45) is 2.94. The normalized spacial score (nSPS) is 11.2. The van der Waals surface area contributed by atoms with Crippen molar-refractivity contribution in [1.29, 1.82) is 0 Å². The van der Waals surface area contributed by atoms with Gasteiger partial charge in [0.25, 0.3) is 11.8 Å². The summed E-state index contributed by atoms with van der Waals surface area (Å²) in [5, 5.41) is 8.86. The minimum absolute atomic E-state index is 0.0313. The van der Waals surface area contributed by atoms with Crippen LogP contribution in [0.1, 0.15) is 16.1 Å². The maximum Gasteiger partial charge on any atom is 0.272 e. The fourth-order valence-corrected chi connectivity index (χ4v) is 5.10.